The highest BCUT2D eigenvalue weighted by Gasteiger charge is 2.41. The van der Waals surface area contributed by atoms with Gasteiger partial charge in [-0.3, -0.25) is 9.59 Å². The number of carbonyl (C=O) groups is 2. The summed E-state index contributed by atoms with van der Waals surface area (Å²) >= 11 is 3.44. The highest BCUT2D eigenvalue weighted by atomic mass is 79.9. The summed E-state index contributed by atoms with van der Waals surface area (Å²) in [5, 5.41) is 2.99. The van der Waals surface area contributed by atoms with Crippen LogP contribution in [0.4, 0.5) is 5.69 Å². The Morgan fingerprint density at radius 3 is 2.45 bits per heavy atom. The SMILES string of the molecule is O=C(Nc1ccccc1Br)C1CC2CCCC(C1)C2=O. The number of carbonyl (C=O) groups excluding carboxylic acids is 2. The molecule has 3 nitrogen and oxygen atoms in total. The average Bonchev–Trinajstić information content (AvgIpc) is 2.41. The first-order valence-electron chi connectivity index (χ1n) is 7.24. The fourth-order valence-electron chi connectivity index (χ4n) is 3.49. The number of halogens is 1. The van der Waals surface area contributed by atoms with Gasteiger partial charge in [0.25, 0.3) is 0 Å². The van der Waals surface area contributed by atoms with E-state index in [1.807, 2.05) is 24.3 Å². The summed E-state index contributed by atoms with van der Waals surface area (Å²) in [6.07, 6.45) is 4.53. The minimum absolute atomic E-state index is 0.0184. The Morgan fingerprint density at radius 1 is 1.15 bits per heavy atom. The van der Waals surface area contributed by atoms with Crippen LogP contribution < -0.4 is 5.32 Å². The maximum absolute atomic E-state index is 12.4. The lowest BCUT2D eigenvalue weighted by atomic mass is 9.67. The maximum Gasteiger partial charge on any atom is 0.227 e. The molecule has 1 aromatic carbocycles. The van der Waals surface area contributed by atoms with Gasteiger partial charge in [-0.15, -0.1) is 0 Å². The van der Waals surface area contributed by atoms with E-state index in [0.717, 1.165) is 42.3 Å². The van der Waals surface area contributed by atoms with Crippen LogP contribution in [0.1, 0.15) is 32.1 Å². The molecular weight excluding hydrogens is 318 g/mol. The number of rotatable bonds is 2. The Balaban J connectivity index is 1.69. The molecule has 1 aromatic rings. The molecule has 2 aliphatic rings. The van der Waals surface area contributed by atoms with Crippen LogP contribution in [0.3, 0.4) is 0 Å². The van der Waals surface area contributed by atoms with Gasteiger partial charge in [-0.25, -0.2) is 0 Å². The van der Waals surface area contributed by atoms with Crippen LogP contribution in [0.5, 0.6) is 0 Å². The van der Waals surface area contributed by atoms with Gasteiger partial charge in [0.1, 0.15) is 5.78 Å². The molecule has 0 radical (unpaired) electrons. The Labute approximate surface area is 127 Å². The summed E-state index contributed by atoms with van der Waals surface area (Å²) in [7, 11) is 0. The largest absolute Gasteiger partial charge is 0.325 e. The summed E-state index contributed by atoms with van der Waals surface area (Å²) in [5.74, 6) is 0.688. The number of Topliss-reactive ketones (excluding diaryl/α,β-unsaturated/α-hetero) is 1. The summed E-state index contributed by atoms with van der Waals surface area (Å²) in [6.45, 7) is 0. The van der Waals surface area contributed by atoms with Crippen molar-refractivity contribution in [2.75, 3.05) is 5.32 Å². The molecule has 2 saturated carbocycles. The molecule has 1 amide bonds. The van der Waals surface area contributed by atoms with E-state index in [9.17, 15) is 9.59 Å². The molecule has 2 fully saturated rings. The standard InChI is InChI=1S/C16H18BrNO2/c17-13-6-1-2-7-14(13)18-16(20)12-8-10-4-3-5-11(9-12)15(10)19/h1-2,6-7,10-12H,3-5,8-9H2,(H,18,20). The quantitative estimate of drug-likeness (QED) is 0.893. The van der Waals surface area contributed by atoms with Crippen LogP contribution in [-0.4, -0.2) is 11.7 Å². The van der Waals surface area contributed by atoms with Gasteiger partial charge in [0, 0.05) is 22.2 Å². The molecule has 0 spiro atoms. The molecule has 0 heterocycles. The van der Waals surface area contributed by atoms with Gasteiger partial charge < -0.3 is 5.32 Å². The monoisotopic (exact) mass is 335 g/mol. The van der Waals surface area contributed by atoms with E-state index in [2.05, 4.69) is 21.2 Å². The van der Waals surface area contributed by atoms with E-state index < -0.39 is 0 Å². The molecule has 2 aliphatic carbocycles. The fourth-order valence-corrected chi connectivity index (χ4v) is 3.87. The second kappa shape index (κ2) is 5.68. The molecule has 3 rings (SSSR count). The molecule has 0 aliphatic heterocycles. The van der Waals surface area contributed by atoms with Crippen LogP contribution in [-0.2, 0) is 9.59 Å². The smallest absolute Gasteiger partial charge is 0.227 e. The molecule has 0 saturated heterocycles. The molecule has 2 atom stereocenters. The molecule has 2 unspecified atom stereocenters. The lowest BCUT2D eigenvalue weighted by molar-refractivity contribution is -0.136. The van der Waals surface area contributed by atoms with Crippen LogP contribution in [0, 0.1) is 17.8 Å². The maximum atomic E-state index is 12.4. The number of para-hydroxylation sites is 1. The van der Waals surface area contributed by atoms with Crippen molar-refractivity contribution in [3.8, 4) is 0 Å². The van der Waals surface area contributed by atoms with E-state index >= 15 is 0 Å². The van der Waals surface area contributed by atoms with E-state index in [-0.39, 0.29) is 23.7 Å². The van der Waals surface area contributed by atoms with Crippen LogP contribution in [0.15, 0.2) is 28.7 Å². The third kappa shape index (κ3) is 2.66. The second-order valence-corrected chi connectivity index (χ2v) is 6.72. The molecule has 20 heavy (non-hydrogen) atoms. The summed E-state index contributed by atoms with van der Waals surface area (Å²) in [5.41, 5.74) is 0.805. The summed E-state index contributed by atoms with van der Waals surface area (Å²) < 4.78 is 0.889. The first-order chi connectivity index (χ1) is 9.65. The summed E-state index contributed by atoms with van der Waals surface area (Å²) in [4.78, 5) is 24.5. The third-order valence-corrected chi connectivity index (χ3v) is 5.24. The molecule has 2 bridgehead atoms. The Morgan fingerprint density at radius 2 is 1.80 bits per heavy atom. The predicted octanol–water partition coefficient (Wildman–Crippen LogP) is 3.78. The van der Waals surface area contributed by atoms with E-state index in [1.165, 1.54) is 0 Å². The van der Waals surface area contributed by atoms with E-state index in [0.29, 0.717) is 5.78 Å². The molecule has 106 valence electrons. The fraction of sp³-hybridized carbons (Fsp3) is 0.500. The van der Waals surface area contributed by atoms with Crippen molar-refractivity contribution in [1.82, 2.24) is 0 Å². The number of nitrogens with one attached hydrogen (secondary N) is 1. The van der Waals surface area contributed by atoms with Crippen LogP contribution in [0.25, 0.3) is 0 Å². The minimum Gasteiger partial charge on any atom is -0.325 e. The van der Waals surface area contributed by atoms with Crippen molar-refractivity contribution in [1.29, 1.82) is 0 Å². The van der Waals surface area contributed by atoms with Crippen LogP contribution >= 0.6 is 15.9 Å². The molecule has 0 aromatic heterocycles. The lowest BCUT2D eigenvalue weighted by Crippen LogP contribution is -2.40. The highest BCUT2D eigenvalue weighted by Crippen LogP contribution is 2.40. The Kier molecular flexibility index (Phi) is 3.92. The lowest BCUT2D eigenvalue weighted by Gasteiger charge is -2.36. The third-order valence-electron chi connectivity index (χ3n) is 4.55. The van der Waals surface area contributed by atoms with Crippen LogP contribution in [0.2, 0.25) is 0 Å². The number of hydrogen-bond donors (Lipinski definition) is 1. The molecular formula is C16H18BrNO2. The predicted molar refractivity (Wildman–Crippen MR) is 81.3 cm³/mol. The zero-order valence-electron chi connectivity index (χ0n) is 11.3. The first-order valence-corrected chi connectivity index (χ1v) is 8.03. The van der Waals surface area contributed by atoms with Gasteiger partial charge in [-0.1, -0.05) is 18.6 Å². The Hall–Kier alpha value is -1.16. The van der Waals surface area contributed by atoms with Crippen molar-refractivity contribution in [2.45, 2.75) is 32.1 Å². The normalized spacial score (nSPS) is 29.1. The highest BCUT2D eigenvalue weighted by molar-refractivity contribution is 9.10. The number of ketones is 1. The topological polar surface area (TPSA) is 46.2 Å². The number of hydrogen-bond acceptors (Lipinski definition) is 2. The van der Waals surface area contributed by atoms with Gasteiger partial charge in [0.15, 0.2) is 0 Å². The number of amides is 1. The van der Waals surface area contributed by atoms with Gasteiger partial charge in [-0.05, 0) is 53.7 Å². The summed E-state index contributed by atoms with van der Waals surface area (Å²) in [6, 6.07) is 7.62. The molecule has 1 N–H and O–H groups in total. The van der Waals surface area contributed by atoms with Crippen molar-refractivity contribution in [2.24, 2.45) is 17.8 Å². The zero-order valence-corrected chi connectivity index (χ0v) is 12.9. The Bertz CT molecular complexity index is 527. The van der Waals surface area contributed by atoms with E-state index in [4.69, 9.17) is 0 Å². The molecule has 4 heteroatoms. The number of anilines is 1. The minimum atomic E-state index is -0.0184. The second-order valence-electron chi connectivity index (χ2n) is 5.86. The van der Waals surface area contributed by atoms with Crippen molar-refractivity contribution < 1.29 is 9.59 Å². The van der Waals surface area contributed by atoms with Gasteiger partial charge in [0.05, 0.1) is 5.69 Å². The van der Waals surface area contributed by atoms with Crippen molar-refractivity contribution in [3.63, 3.8) is 0 Å². The van der Waals surface area contributed by atoms with E-state index in [1.54, 1.807) is 0 Å². The zero-order chi connectivity index (χ0) is 14.1. The number of benzene rings is 1. The van der Waals surface area contributed by atoms with Crippen molar-refractivity contribution >= 4 is 33.3 Å². The average molecular weight is 336 g/mol. The first kappa shape index (κ1) is 13.8. The number of fused-ring (bicyclic) bond motifs is 2. The van der Waals surface area contributed by atoms with Gasteiger partial charge in [-0.2, -0.15) is 0 Å². The van der Waals surface area contributed by atoms with Gasteiger partial charge >= 0.3 is 0 Å². The van der Waals surface area contributed by atoms with Crippen molar-refractivity contribution in [3.05, 3.63) is 28.7 Å². The van der Waals surface area contributed by atoms with Gasteiger partial charge in [0.2, 0.25) is 5.91 Å².